The van der Waals surface area contributed by atoms with Crippen LogP contribution in [0, 0.1) is 0 Å². The number of amides is 1. The van der Waals surface area contributed by atoms with E-state index in [4.69, 9.17) is 11.5 Å². The lowest BCUT2D eigenvalue weighted by Gasteiger charge is -2.30. The van der Waals surface area contributed by atoms with Crippen LogP contribution in [-0.2, 0) is 0 Å². The Balaban J connectivity index is 1.77. The summed E-state index contributed by atoms with van der Waals surface area (Å²) in [6.45, 7) is 0. The van der Waals surface area contributed by atoms with Gasteiger partial charge in [-0.05, 0) is 25.0 Å². The van der Waals surface area contributed by atoms with Gasteiger partial charge < -0.3 is 16.8 Å². The van der Waals surface area contributed by atoms with Gasteiger partial charge in [-0.2, -0.15) is 4.98 Å². The molecule has 0 unspecified atom stereocenters. The molecule has 1 amide bonds. The van der Waals surface area contributed by atoms with E-state index in [2.05, 4.69) is 25.5 Å². The van der Waals surface area contributed by atoms with Gasteiger partial charge in [-0.3, -0.25) is 4.79 Å². The Morgan fingerprint density at radius 2 is 1.86 bits per heavy atom. The number of nitrogens with one attached hydrogen (secondary N) is 1. The van der Waals surface area contributed by atoms with Gasteiger partial charge in [0.25, 0.3) is 5.91 Å². The van der Waals surface area contributed by atoms with Gasteiger partial charge in [-0.25, -0.2) is 14.7 Å². The minimum absolute atomic E-state index is 0.0368. The topological polar surface area (TPSA) is 141 Å². The summed E-state index contributed by atoms with van der Waals surface area (Å²) in [6.07, 6.45) is 8.61. The molecular weight excluding hydrogens is 370 g/mol. The van der Waals surface area contributed by atoms with Crippen LogP contribution >= 0.6 is 0 Å². The molecule has 10 nitrogen and oxygen atoms in total. The molecule has 5 N–H and O–H groups in total. The Hall–Kier alpha value is -3.53. The molecule has 29 heavy (non-hydrogen) atoms. The van der Waals surface area contributed by atoms with Crippen molar-refractivity contribution in [3.05, 3.63) is 54.7 Å². The number of nitrogens with zero attached hydrogens (tertiary/aromatic N) is 6. The van der Waals surface area contributed by atoms with Crippen molar-refractivity contribution in [2.45, 2.75) is 37.8 Å². The van der Waals surface area contributed by atoms with Gasteiger partial charge in [0.05, 0.1) is 5.69 Å². The molecule has 1 aliphatic carbocycles. The van der Waals surface area contributed by atoms with Crippen molar-refractivity contribution in [2.24, 2.45) is 11.5 Å². The smallest absolute Gasteiger partial charge is 0.254 e. The van der Waals surface area contributed by atoms with E-state index in [9.17, 15) is 4.79 Å². The summed E-state index contributed by atoms with van der Waals surface area (Å²) in [7, 11) is 0. The van der Waals surface area contributed by atoms with Crippen LogP contribution in [0.15, 0.2) is 49.2 Å². The molecule has 0 aliphatic heterocycles. The number of aromatic nitrogens is 5. The first-order valence-corrected chi connectivity index (χ1v) is 9.52. The molecule has 1 fully saturated rings. The van der Waals surface area contributed by atoms with Crippen LogP contribution < -0.4 is 21.8 Å². The Labute approximate surface area is 167 Å². The molecule has 0 saturated heterocycles. The third kappa shape index (κ3) is 4.02. The van der Waals surface area contributed by atoms with Crippen molar-refractivity contribution in [3.8, 4) is 0 Å². The highest BCUT2D eigenvalue weighted by atomic mass is 16.1. The molecule has 150 valence electrons. The molecule has 1 aromatic carbocycles. The van der Waals surface area contributed by atoms with E-state index in [1.54, 1.807) is 9.69 Å². The van der Waals surface area contributed by atoms with Crippen LogP contribution in [0.25, 0.3) is 0 Å². The third-order valence-electron chi connectivity index (χ3n) is 5.01. The van der Waals surface area contributed by atoms with Crippen molar-refractivity contribution in [3.63, 3.8) is 0 Å². The standard InChI is InChI=1S/C19H23N9O/c20-15-8-4-5-9-16(15)25-19-22-10-14(17(21)29)18(26-19)28(27-11-23-24-12-27)13-6-2-1-3-7-13/h1-3,6-7,10-12,15-16H,4-5,8-9,20H2,(H2,21,29)(H,22,25,26)/t15-,16+/m0/s1. The van der Waals surface area contributed by atoms with E-state index in [1.165, 1.54) is 18.9 Å². The summed E-state index contributed by atoms with van der Waals surface area (Å²) < 4.78 is 1.63. The molecule has 2 aromatic heterocycles. The number of carbonyl (C=O) groups is 1. The Kier molecular flexibility index (Phi) is 5.34. The summed E-state index contributed by atoms with van der Waals surface area (Å²) in [5.74, 6) is 0.0849. The summed E-state index contributed by atoms with van der Waals surface area (Å²) in [4.78, 5) is 21.0. The minimum Gasteiger partial charge on any atom is -0.365 e. The molecular formula is C19H23N9O. The molecule has 0 bridgehead atoms. The number of hydrogen-bond donors (Lipinski definition) is 3. The van der Waals surface area contributed by atoms with Gasteiger partial charge in [0, 0.05) is 18.3 Å². The maximum Gasteiger partial charge on any atom is 0.254 e. The number of nitrogens with two attached hydrogens (primary N) is 2. The molecule has 0 spiro atoms. The molecule has 1 saturated carbocycles. The number of benzene rings is 1. The van der Waals surface area contributed by atoms with Gasteiger partial charge in [-0.15, -0.1) is 10.2 Å². The lowest BCUT2D eigenvalue weighted by molar-refractivity contribution is 0.1000. The molecule has 4 rings (SSSR count). The second-order valence-electron chi connectivity index (χ2n) is 6.98. The number of hydrogen-bond acceptors (Lipinski definition) is 8. The van der Waals surface area contributed by atoms with Gasteiger partial charge in [0.2, 0.25) is 5.95 Å². The normalized spacial score (nSPS) is 18.9. The highest BCUT2D eigenvalue weighted by molar-refractivity contribution is 5.98. The lowest BCUT2D eigenvalue weighted by Crippen LogP contribution is -2.43. The van der Waals surface area contributed by atoms with Crippen LogP contribution in [0.4, 0.5) is 17.5 Å². The van der Waals surface area contributed by atoms with E-state index in [1.807, 2.05) is 30.3 Å². The van der Waals surface area contributed by atoms with E-state index < -0.39 is 5.91 Å². The summed E-state index contributed by atoms with van der Waals surface area (Å²) in [5, 5.41) is 12.8. The van der Waals surface area contributed by atoms with Gasteiger partial charge in [0.15, 0.2) is 5.82 Å². The van der Waals surface area contributed by atoms with Crippen LogP contribution in [0.1, 0.15) is 36.0 Å². The molecule has 10 heteroatoms. The van der Waals surface area contributed by atoms with Gasteiger partial charge >= 0.3 is 0 Å². The van der Waals surface area contributed by atoms with Crippen LogP contribution in [0.2, 0.25) is 0 Å². The van der Waals surface area contributed by atoms with Gasteiger partial charge in [0.1, 0.15) is 18.2 Å². The predicted octanol–water partition coefficient (Wildman–Crippen LogP) is 1.45. The van der Waals surface area contributed by atoms with Crippen molar-refractivity contribution in [1.82, 2.24) is 24.8 Å². The van der Waals surface area contributed by atoms with Gasteiger partial charge in [-0.1, -0.05) is 31.0 Å². The summed E-state index contributed by atoms with van der Waals surface area (Å²) in [5.41, 5.74) is 12.8. The second kappa shape index (κ2) is 8.23. The summed E-state index contributed by atoms with van der Waals surface area (Å²) >= 11 is 0. The molecule has 2 atom stereocenters. The monoisotopic (exact) mass is 393 g/mol. The van der Waals surface area contributed by atoms with E-state index in [0.717, 1.165) is 31.4 Å². The highest BCUT2D eigenvalue weighted by Gasteiger charge is 2.25. The van der Waals surface area contributed by atoms with E-state index >= 15 is 0 Å². The quantitative estimate of drug-likeness (QED) is 0.571. The first kappa shape index (κ1) is 18.8. The molecule has 0 radical (unpaired) electrons. The fourth-order valence-corrected chi connectivity index (χ4v) is 3.51. The van der Waals surface area contributed by atoms with Crippen molar-refractivity contribution in [1.29, 1.82) is 0 Å². The summed E-state index contributed by atoms with van der Waals surface area (Å²) in [6, 6.07) is 9.57. The average Bonchev–Trinajstić information content (AvgIpc) is 3.25. The van der Waals surface area contributed by atoms with Crippen LogP contribution in [-0.4, -0.2) is 42.8 Å². The van der Waals surface area contributed by atoms with Crippen LogP contribution in [0.5, 0.6) is 0 Å². The van der Waals surface area contributed by atoms with Crippen molar-refractivity contribution >= 4 is 23.4 Å². The molecule has 1 aliphatic rings. The minimum atomic E-state index is -0.630. The maximum atomic E-state index is 12.1. The molecule has 3 aromatic rings. The SMILES string of the molecule is NC(=O)c1cnc(N[C@@H]2CCCC[C@@H]2N)nc1N(c1ccccc1)n1cnnc1. The fraction of sp³-hybridized carbons (Fsp3) is 0.316. The second-order valence-corrected chi connectivity index (χ2v) is 6.98. The van der Waals surface area contributed by atoms with Crippen LogP contribution in [0.3, 0.4) is 0 Å². The first-order valence-electron chi connectivity index (χ1n) is 9.52. The van der Waals surface area contributed by atoms with Crippen molar-refractivity contribution in [2.75, 3.05) is 10.3 Å². The number of primary amides is 1. The average molecular weight is 393 g/mol. The Morgan fingerprint density at radius 3 is 2.55 bits per heavy atom. The fourth-order valence-electron chi connectivity index (χ4n) is 3.51. The number of anilines is 3. The third-order valence-corrected chi connectivity index (χ3v) is 5.01. The number of rotatable bonds is 6. The number of para-hydroxylation sites is 1. The maximum absolute atomic E-state index is 12.1. The van der Waals surface area contributed by atoms with Crippen molar-refractivity contribution < 1.29 is 4.79 Å². The largest absolute Gasteiger partial charge is 0.365 e. The lowest BCUT2D eigenvalue weighted by atomic mass is 9.91. The Bertz CT molecular complexity index is 961. The Morgan fingerprint density at radius 1 is 1.14 bits per heavy atom. The number of carbonyl (C=O) groups excluding carboxylic acids is 1. The predicted molar refractivity (Wildman–Crippen MR) is 108 cm³/mol. The zero-order valence-electron chi connectivity index (χ0n) is 15.8. The zero-order chi connectivity index (χ0) is 20.2. The van der Waals surface area contributed by atoms with E-state index in [-0.39, 0.29) is 17.6 Å². The zero-order valence-corrected chi connectivity index (χ0v) is 15.8. The highest BCUT2D eigenvalue weighted by Crippen LogP contribution is 2.28. The molecule has 2 heterocycles. The van der Waals surface area contributed by atoms with E-state index in [0.29, 0.717) is 11.8 Å². The first-order chi connectivity index (χ1) is 14.1.